The summed E-state index contributed by atoms with van der Waals surface area (Å²) in [5.41, 5.74) is 1.41. The normalized spacial score (nSPS) is 14.7. The van der Waals surface area contributed by atoms with E-state index in [9.17, 15) is 9.59 Å². The van der Waals surface area contributed by atoms with E-state index in [2.05, 4.69) is 5.10 Å². The predicted octanol–water partition coefficient (Wildman–Crippen LogP) is 2.04. The zero-order chi connectivity index (χ0) is 17.0. The van der Waals surface area contributed by atoms with Gasteiger partial charge in [-0.05, 0) is 31.5 Å². The highest BCUT2D eigenvalue weighted by atomic mass is 16.5. The van der Waals surface area contributed by atoms with E-state index in [1.165, 1.54) is 5.01 Å². The molecule has 2 amide bonds. The molecule has 6 heteroatoms. The van der Waals surface area contributed by atoms with Crippen LogP contribution < -0.4 is 4.74 Å². The third-order valence-corrected chi connectivity index (χ3v) is 3.70. The second-order valence-corrected chi connectivity index (χ2v) is 5.89. The number of amides is 2. The molecule has 0 aliphatic carbocycles. The van der Waals surface area contributed by atoms with E-state index < -0.39 is 0 Å². The van der Waals surface area contributed by atoms with Crippen LogP contribution in [-0.4, -0.2) is 47.6 Å². The second kappa shape index (κ2) is 7.26. The topological polar surface area (TPSA) is 62.2 Å². The van der Waals surface area contributed by atoms with Gasteiger partial charge in [0.25, 0.3) is 5.91 Å². The van der Waals surface area contributed by atoms with Crippen LogP contribution >= 0.6 is 0 Å². The number of methoxy groups -OCH3 is 1. The average Bonchev–Trinajstić information content (AvgIpc) is 2.54. The van der Waals surface area contributed by atoms with Gasteiger partial charge >= 0.3 is 0 Å². The van der Waals surface area contributed by atoms with E-state index in [4.69, 9.17) is 4.74 Å². The average molecular weight is 317 g/mol. The van der Waals surface area contributed by atoms with Gasteiger partial charge in [0.05, 0.1) is 7.11 Å². The molecule has 0 spiro atoms. The van der Waals surface area contributed by atoms with Gasteiger partial charge in [-0.15, -0.1) is 0 Å². The fourth-order valence-corrected chi connectivity index (χ4v) is 2.47. The second-order valence-electron chi connectivity index (χ2n) is 5.89. The standard InChI is InChI=1S/C17H23N3O3/c1-12(2)20-16(21)9-8-15(18-20)17(22)19(3)11-13-6-5-7-14(10-13)23-4/h5-7,10,12H,8-9,11H2,1-4H3. The van der Waals surface area contributed by atoms with Crippen molar-refractivity contribution in [3.05, 3.63) is 29.8 Å². The Hall–Kier alpha value is -2.37. The molecule has 1 aliphatic rings. The first kappa shape index (κ1) is 17.0. The summed E-state index contributed by atoms with van der Waals surface area (Å²) in [6, 6.07) is 7.55. The van der Waals surface area contributed by atoms with Crippen LogP contribution in [0.25, 0.3) is 0 Å². The minimum Gasteiger partial charge on any atom is -0.497 e. The molecule has 0 atom stereocenters. The number of nitrogens with zero attached hydrogens (tertiary/aromatic N) is 3. The quantitative estimate of drug-likeness (QED) is 0.835. The molecule has 0 saturated carbocycles. The molecule has 1 aromatic rings. The molecule has 0 aromatic heterocycles. The number of ether oxygens (including phenoxy) is 1. The maximum absolute atomic E-state index is 12.6. The van der Waals surface area contributed by atoms with Crippen LogP contribution in [0.3, 0.4) is 0 Å². The summed E-state index contributed by atoms with van der Waals surface area (Å²) in [6.45, 7) is 4.23. The fraction of sp³-hybridized carbons (Fsp3) is 0.471. The van der Waals surface area contributed by atoms with Crippen molar-refractivity contribution in [2.75, 3.05) is 14.2 Å². The van der Waals surface area contributed by atoms with Crippen LogP contribution in [0.1, 0.15) is 32.3 Å². The zero-order valence-electron chi connectivity index (χ0n) is 14.1. The predicted molar refractivity (Wildman–Crippen MR) is 88.1 cm³/mol. The summed E-state index contributed by atoms with van der Waals surface area (Å²) in [7, 11) is 3.35. The maximum Gasteiger partial charge on any atom is 0.270 e. The molecule has 0 fully saturated rings. The summed E-state index contributed by atoms with van der Waals surface area (Å²) in [5, 5.41) is 5.64. The molecule has 0 unspecified atom stereocenters. The summed E-state index contributed by atoms with van der Waals surface area (Å²) in [5.74, 6) is 0.577. The molecule has 2 rings (SSSR count). The van der Waals surface area contributed by atoms with Crippen LogP contribution in [0.5, 0.6) is 5.75 Å². The molecular weight excluding hydrogens is 294 g/mol. The summed E-state index contributed by atoms with van der Waals surface area (Å²) in [6.07, 6.45) is 0.721. The molecule has 0 bridgehead atoms. The lowest BCUT2D eigenvalue weighted by atomic mass is 10.1. The van der Waals surface area contributed by atoms with E-state index in [1.807, 2.05) is 38.1 Å². The number of carbonyl (C=O) groups is 2. The lowest BCUT2D eigenvalue weighted by Crippen LogP contribution is -2.42. The molecule has 0 N–H and O–H groups in total. The maximum atomic E-state index is 12.6. The Morgan fingerprint density at radius 2 is 2.13 bits per heavy atom. The minimum atomic E-state index is -0.147. The Morgan fingerprint density at radius 1 is 1.39 bits per heavy atom. The van der Waals surface area contributed by atoms with Crippen LogP contribution in [0.15, 0.2) is 29.4 Å². The molecule has 124 valence electrons. The van der Waals surface area contributed by atoms with Crippen molar-refractivity contribution in [1.29, 1.82) is 0 Å². The number of benzene rings is 1. The van der Waals surface area contributed by atoms with Gasteiger partial charge in [0.2, 0.25) is 5.91 Å². The molecule has 1 aromatic carbocycles. The molecule has 0 radical (unpaired) electrons. The minimum absolute atomic E-state index is 0.0352. The van der Waals surface area contributed by atoms with Gasteiger partial charge in [0.1, 0.15) is 11.5 Å². The highest BCUT2D eigenvalue weighted by Gasteiger charge is 2.27. The Labute approximate surface area is 136 Å². The smallest absolute Gasteiger partial charge is 0.270 e. The molecule has 1 heterocycles. The highest BCUT2D eigenvalue weighted by Crippen LogP contribution is 2.16. The van der Waals surface area contributed by atoms with E-state index in [0.29, 0.717) is 25.1 Å². The molecule has 0 saturated heterocycles. The summed E-state index contributed by atoms with van der Waals surface area (Å²) < 4.78 is 5.19. The van der Waals surface area contributed by atoms with E-state index >= 15 is 0 Å². The van der Waals surface area contributed by atoms with Crippen LogP contribution in [-0.2, 0) is 16.1 Å². The van der Waals surface area contributed by atoms with Crippen molar-refractivity contribution in [2.24, 2.45) is 5.10 Å². The number of hydrazone groups is 1. The molecule has 1 aliphatic heterocycles. The van der Waals surface area contributed by atoms with Crippen molar-refractivity contribution in [1.82, 2.24) is 9.91 Å². The van der Waals surface area contributed by atoms with Gasteiger partial charge in [-0.1, -0.05) is 12.1 Å². The number of hydrogen-bond acceptors (Lipinski definition) is 4. The Morgan fingerprint density at radius 3 is 2.78 bits per heavy atom. The Kier molecular flexibility index (Phi) is 5.36. The molecular formula is C17H23N3O3. The zero-order valence-corrected chi connectivity index (χ0v) is 14.1. The molecule has 23 heavy (non-hydrogen) atoms. The van der Waals surface area contributed by atoms with Crippen molar-refractivity contribution in [3.63, 3.8) is 0 Å². The van der Waals surface area contributed by atoms with Crippen molar-refractivity contribution in [2.45, 2.75) is 39.3 Å². The van der Waals surface area contributed by atoms with Crippen molar-refractivity contribution < 1.29 is 14.3 Å². The number of carbonyl (C=O) groups excluding carboxylic acids is 2. The van der Waals surface area contributed by atoms with Gasteiger partial charge in [-0.3, -0.25) is 9.59 Å². The van der Waals surface area contributed by atoms with Gasteiger partial charge in [0.15, 0.2) is 0 Å². The first-order chi connectivity index (χ1) is 10.9. The van der Waals surface area contributed by atoms with Crippen LogP contribution in [0.2, 0.25) is 0 Å². The monoisotopic (exact) mass is 317 g/mol. The fourth-order valence-electron chi connectivity index (χ4n) is 2.47. The van der Waals surface area contributed by atoms with E-state index in [-0.39, 0.29) is 17.9 Å². The Balaban J connectivity index is 2.09. The van der Waals surface area contributed by atoms with Gasteiger partial charge in [-0.2, -0.15) is 5.10 Å². The summed E-state index contributed by atoms with van der Waals surface area (Å²) >= 11 is 0. The van der Waals surface area contributed by atoms with Crippen molar-refractivity contribution in [3.8, 4) is 5.75 Å². The van der Waals surface area contributed by atoms with Crippen molar-refractivity contribution >= 4 is 17.5 Å². The van der Waals surface area contributed by atoms with Crippen LogP contribution in [0, 0.1) is 0 Å². The van der Waals surface area contributed by atoms with E-state index in [0.717, 1.165) is 11.3 Å². The third-order valence-electron chi connectivity index (χ3n) is 3.70. The molecule has 6 nitrogen and oxygen atoms in total. The van der Waals surface area contributed by atoms with Gasteiger partial charge in [-0.25, -0.2) is 5.01 Å². The van der Waals surface area contributed by atoms with Crippen LogP contribution in [0.4, 0.5) is 0 Å². The number of rotatable bonds is 5. The first-order valence-electron chi connectivity index (χ1n) is 7.70. The lowest BCUT2D eigenvalue weighted by Gasteiger charge is -2.28. The van der Waals surface area contributed by atoms with Gasteiger partial charge in [0, 0.05) is 32.5 Å². The first-order valence-corrected chi connectivity index (χ1v) is 7.70. The highest BCUT2D eigenvalue weighted by molar-refractivity contribution is 6.39. The third kappa shape index (κ3) is 4.09. The number of hydrogen-bond donors (Lipinski definition) is 0. The van der Waals surface area contributed by atoms with E-state index in [1.54, 1.807) is 19.1 Å². The largest absolute Gasteiger partial charge is 0.497 e. The lowest BCUT2D eigenvalue weighted by molar-refractivity contribution is -0.133. The van der Waals surface area contributed by atoms with Gasteiger partial charge < -0.3 is 9.64 Å². The Bertz CT molecular complexity index is 625. The SMILES string of the molecule is COc1cccc(CN(C)C(=O)C2=NN(C(C)C)C(=O)CC2)c1. The summed E-state index contributed by atoms with van der Waals surface area (Å²) in [4.78, 5) is 26.0.